The Bertz CT molecular complexity index is 689. The van der Waals surface area contributed by atoms with Crippen molar-refractivity contribution in [2.24, 2.45) is 0 Å². The zero-order valence-electron chi connectivity index (χ0n) is 9.69. The average molecular weight is 260 g/mol. The van der Waals surface area contributed by atoms with Gasteiger partial charge in [-0.3, -0.25) is 0 Å². The van der Waals surface area contributed by atoms with Crippen LogP contribution < -0.4 is 5.73 Å². The van der Waals surface area contributed by atoms with E-state index in [0.29, 0.717) is 23.2 Å². The average Bonchev–Trinajstić information content (AvgIpc) is 3.00. The van der Waals surface area contributed by atoms with Gasteiger partial charge in [-0.15, -0.1) is 15.3 Å². The summed E-state index contributed by atoms with van der Waals surface area (Å²) in [6.07, 6.45) is 1.56. The molecule has 2 N–H and O–H groups in total. The fourth-order valence-corrected chi connectivity index (χ4v) is 1.56. The Kier molecular flexibility index (Phi) is 2.67. The Balaban J connectivity index is 1.81. The van der Waals surface area contributed by atoms with Crippen LogP contribution in [0.2, 0.25) is 0 Å². The fourth-order valence-electron chi connectivity index (χ4n) is 1.56. The van der Waals surface area contributed by atoms with E-state index in [0.717, 1.165) is 0 Å². The molecular formula is C11H9FN6O. The number of halogens is 1. The van der Waals surface area contributed by atoms with Gasteiger partial charge >= 0.3 is 0 Å². The van der Waals surface area contributed by atoms with E-state index in [1.54, 1.807) is 18.3 Å². The maximum absolute atomic E-state index is 12.8. The lowest BCUT2D eigenvalue weighted by Crippen LogP contribution is -2.00. The van der Waals surface area contributed by atoms with Crippen LogP contribution in [-0.2, 0) is 6.54 Å². The van der Waals surface area contributed by atoms with Crippen molar-refractivity contribution in [1.82, 2.24) is 25.2 Å². The highest BCUT2D eigenvalue weighted by molar-refractivity contribution is 5.51. The third-order valence-corrected chi connectivity index (χ3v) is 2.41. The van der Waals surface area contributed by atoms with Crippen molar-refractivity contribution in [2.75, 3.05) is 5.73 Å². The van der Waals surface area contributed by atoms with Gasteiger partial charge in [0.1, 0.15) is 12.4 Å². The molecule has 0 unspecified atom stereocenters. The van der Waals surface area contributed by atoms with E-state index >= 15 is 0 Å². The van der Waals surface area contributed by atoms with Gasteiger partial charge in [-0.25, -0.2) is 9.07 Å². The molecule has 0 aliphatic rings. The molecular weight excluding hydrogens is 251 g/mol. The Morgan fingerprint density at radius 1 is 1.16 bits per heavy atom. The predicted octanol–water partition coefficient (Wildman–Crippen LogP) is 1.10. The zero-order valence-corrected chi connectivity index (χ0v) is 9.69. The number of hydrogen-bond donors (Lipinski definition) is 1. The minimum Gasteiger partial charge on any atom is -0.419 e. The van der Waals surface area contributed by atoms with E-state index < -0.39 is 0 Å². The first-order valence-electron chi connectivity index (χ1n) is 5.44. The number of nitrogen functional groups attached to an aromatic ring is 1. The summed E-state index contributed by atoms with van der Waals surface area (Å²) in [5.74, 6) is 0.687. The quantitative estimate of drug-likeness (QED) is 0.757. The van der Waals surface area contributed by atoms with Gasteiger partial charge in [-0.2, -0.15) is 0 Å². The van der Waals surface area contributed by atoms with Gasteiger partial charge in [0, 0.05) is 5.56 Å². The normalized spacial score (nSPS) is 10.8. The van der Waals surface area contributed by atoms with Crippen molar-refractivity contribution >= 4 is 5.82 Å². The number of benzene rings is 1. The summed E-state index contributed by atoms with van der Waals surface area (Å²) in [7, 11) is 0. The maximum atomic E-state index is 12.8. The van der Waals surface area contributed by atoms with E-state index in [9.17, 15) is 4.39 Å². The lowest BCUT2D eigenvalue weighted by Gasteiger charge is -1.94. The van der Waals surface area contributed by atoms with Gasteiger partial charge in [-0.1, -0.05) is 5.21 Å². The van der Waals surface area contributed by atoms with Crippen LogP contribution in [0.25, 0.3) is 11.5 Å². The van der Waals surface area contributed by atoms with Gasteiger partial charge < -0.3 is 10.2 Å². The molecule has 0 saturated carbocycles. The molecule has 0 atom stereocenters. The van der Waals surface area contributed by atoms with Crippen molar-refractivity contribution in [3.63, 3.8) is 0 Å². The molecule has 7 nitrogen and oxygen atoms in total. The van der Waals surface area contributed by atoms with Crippen LogP contribution in [0.5, 0.6) is 0 Å². The Hall–Kier alpha value is -2.77. The second kappa shape index (κ2) is 4.48. The first kappa shape index (κ1) is 11.3. The lowest BCUT2D eigenvalue weighted by molar-refractivity contribution is 0.469. The van der Waals surface area contributed by atoms with E-state index in [1.165, 1.54) is 16.8 Å². The topological polar surface area (TPSA) is 95.7 Å². The molecule has 0 fully saturated rings. The molecule has 2 heterocycles. The SMILES string of the molecule is Nc1cn(Cc2nnc(-c3ccc(F)cc3)o2)nn1. The highest BCUT2D eigenvalue weighted by Gasteiger charge is 2.09. The van der Waals surface area contributed by atoms with Gasteiger partial charge in [0.15, 0.2) is 5.82 Å². The van der Waals surface area contributed by atoms with Crippen molar-refractivity contribution < 1.29 is 8.81 Å². The number of nitrogens with two attached hydrogens (primary N) is 1. The summed E-state index contributed by atoms with van der Waals surface area (Å²) in [6.45, 7) is 0.276. The molecule has 3 rings (SSSR count). The van der Waals surface area contributed by atoms with Crippen LogP contribution in [0, 0.1) is 5.82 Å². The molecule has 3 aromatic rings. The highest BCUT2D eigenvalue weighted by Crippen LogP contribution is 2.18. The van der Waals surface area contributed by atoms with Crippen LogP contribution in [0.4, 0.5) is 10.2 Å². The van der Waals surface area contributed by atoms with Gasteiger partial charge in [0.25, 0.3) is 0 Å². The first-order valence-corrected chi connectivity index (χ1v) is 5.44. The molecule has 19 heavy (non-hydrogen) atoms. The number of rotatable bonds is 3. The minimum absolute atomic E-state index is 0.276. The van der Waals surface area contributed by atoms with Gasteiger partial charge in [0.2, 0.25) is 11.8 Å². The summed E-state index contributed by atoms with van der Waals surface area (Å²) < 4.78 is 19.7. The number of nitrogens with zero attached hydrogens (tertiary/aromatic N) is 5. The Morgan fingerprint density at radius 3 is 2.63 bits per heavy atom. The van der Waals surface area contributed by atoms with E-state index in [-0.39, 0.29) is 12.4 Å². The second-order valence-electron chi connectivity index (χ2n) is 3.85. The summed E-state index contributed by atoms with van der Waals surface area (Å²) >= 11 is 0. The van der Waals surface area contributed by atoms with Gasteiger partial charge in [-0.05, 0) is 24.3 Å². The summed E-state index contributed by atoms with van der Waals surface area (Å²) in [5, 5.41) is 15.2. The van der Waals surface area contributed by atoms with Crippen molar-refractivity contribution in [3.05, 3.63) is 42.2 Å². The third kappa shape index (κ3) is 2.41. The molecule has 0 amide bonds. The van der Waals surface area contributed by atoms with Crippen LogP contribution in [-0.4, -0.2) is 25.2 Å². The maximum Gasteiger partial charge on any atom is 0.247 e. The number of hydrogen-bond acceptors (Lipinski definition) is 6. The molecule has 0 aliphatic carbocycles. The summed E-state index contributed by atoms with van der Waals surface area (Å²) in [4.78, 5) is 0. The van der Waals surface area contributed by atoms with Crippen LogP contribution in [0.15, 0.2) is 34.9 Å². The van der Waals surface area contributed by atoms with Crippen LogP contribution in [0.3, 0.4) is 0 Å². The zero-order chi connectivity index (χ0) is 13.2. The Labute approximate surface area is 106 Å². The van der Waals surface area contributed by atoms with Gasteiger partial charge in [0.05, 0.1) is 6.20 Å². The molecule has 96 valence electrons. The first-order chi connectivity index (χ1) is 9.20. The van der Waals surface area contributed by atoms with E-state index in [2.05, 4.69) is 20.5 Å². The minimum atomic E-state index is -0.318. The molecule has 8 heteroatoms. The molecule has 0 aliphatic heterocycles. The largest absolute Gasteiger partial charge is 0.419 e. The molecule has 0 radical (unpaired) electrons. The molecule has 1 aromatic carbocycles. The summed E-state index contributed by atoms with van der Waals surface area (Å²) in [5.41, 5.74) is 6.10. The standard InChI is InChI=1S/C11H9FN6O/c12-8-3-1-7(2-4-8)11-16-15-10(19-11)6-18-5-9(13)14-17-18/h1-5H,6,13H2. The van der Waals surface area contributed by atoms with Crippen LogP contribution in [0.1, 0.15) is 5.89 Å². The highest BCUT2D eigenvalue weighted by atomic mass is 19.1. The van der Waals surface area contributed by atoms with Crippen molar-refractivity contribution in [3.8, 4) is 11.5 Å². The van der Waals surface area contributed by atoms with E-state index in [4.69, 9.17) is 10.2 Å². The molecule has 0 bridgehead atoms. The second-order valence-corrected chi connectivity index (χ2v) is 3.85. The van der Waals surface area contributed by atoms with Crippen molar-refractivity contribution in [1.29, 1.82) is 0 Å². The third-order valence-electron chi connectivity index (χ3n) is 2.41. The predicted molar refractivity (Wildman–Crippen MR) is 63.2 cm³/mol. The Morgan fingerprint density at radius 2 is 1.95 bits per heavy atom. The van der Waals surface area contributed by atoms with Crippen molar-refractivity contribution in [2.45, 2.75) is 6.54 Å². The molecule has 0 saturated heterocycles. The smallest absolute Gasteiger partial charge is 0.247 e. The van der Waals surface area contributed by atoms with Crippen LogP contribution >= 0.6 is 0 Å². The van der Waals surface area contributed by atoms with E-state index in [1.807, 2.05) is 0 Å². The lowest BCUT2D eigenvalue weighted by atomic mass is 10.2. The number of aromatic nitrogens is 5. The fraction of sp³-hybridized carbons (Fsp3) is 0.0909. The molecule has 2 aromatic heterocycles. The summed E-state index contributed by atoms with van der Waals surface area (Å²) in [6, 6.07) is 5.80. The number of anilines is 1. The monoisotopic (exact) mass is 260 g/mol. The molecule has 0 spiro atoms.